The highest BCUT2D eigenvalue weighted by Gasteiger charge is 2.20. The van der Waals surface area contributed by atoms with E-state index in [4.69, 9.17) is 4.98 Å². The Labute approximate surface area is 129 Å². The molecule has 0 radical (unpaired) electrons. The SMILES string of the molecule is CNc1nc(C(C)(C)C)nc(NCCCCN(C)C)c1C. The van der Waals surface area contributed by atoms with Gasteiger partial charge in [-0.15, -0.1) is 0 Å². The molecule has 0 saturated carbocycles. The Morgan fingerprint density at radius 2 is 1.67 bits per heavy atom. The van der Waals surface area contributed by atoms with Gasteiger partial charge in [-0.25, -0.2) is 9.97 Å². The average Bonchev–Trinajstić information content (AvgIpc) is 2.38. The van der Waals surface area contributed by atoms with Crippen molar-refractivity contribution in [2.45, 2.75) is 46.0 Å². The molecule has 120 valence electrons. The highest BCUT2D eigenvalue weighted by molar-refractivity contribution is 5.57. The van der Waals surface area contributed by atoms with Crippen molar-refractivity contribution in [3.8, 4) is 0 Å². The summed E-state index contributed by atoms with van der Waals surface area (Å²) in [6.07, 6.45) is 2.33. The van der Waals surface area contributed by atoms with E-state index in [1.165, 1.54) is 6.42 Å². The zero-order chi connectivity index (χ0) is 16.0. The molecule has 0 atom stereocenters. The first-order valence-corrected chi connectivity index (χ1v) is 7.71. The standard InChI is InChI=1S/C16H31N5/c1-12-13(17-5)19-15(16(2,3)4)20-14(12)18-10-8-9-11-21(6)7/h8-11H2,1-7H3,(H2,17,18,19,20). The molecule has 0 unspecified atom stereocenters. The first-order chi connectivity index (χ1) is 9.75. The predicted octanol–water partition coefficient (Wildman–Crippen LogP) is 2.88. The Morgan fingerprint density at radius 1 is 1.05 bits per heavy atom. The minimum atomic E-state index is -0.0549. The summed E-state index contributed by atoms with van der Waals surface area (Å²) in [6.45, 7) is 10.5. The van der Waals surface area contributed by atoms with Crippen molar-refractivity contribution in [1.29, 1.82) is 0 Å². The van der Waals surface area contributed by atoms with Gasteiger partial charge in [0.05, 0.1) is 0 Å². The van der Waals surface area contributed by atoms with E-state index in [2.05, 4.69) is 62.3 Å². The third-order valence-corrected chi connectivity index (χ3v) is 3.38. The Kier molecular flexibility index (Phi) is 6.40. The average molecular weight is 293 g/mol. The second kappa shape index (κ2) is 7.59. The summed E-state index contributed by atoms with van der Waals surface area (Å²) >= 11 is 0. The summed E-state index contributed by atoms with van der Waals surface area (Å²) in [5.41, 5.74) is 1.03. The topological polar surface area (TPSA) is 53.1 Å². The van der Waals surface area contributed by atoms with Crippen molar-refractivity contribution in [3.63, 3.8) is 0 Å². The monoisotopic (exact) mass is 293 g/mol. The first kappa shape index (κ1) is 17.7. The van der Waals surface area contributed by atoms with E-state index in [-0.39, 0.29) is 5.41 Å². The third kappa shape index (κ3) is 5.50. The summed E-state index contributed by atoms with van der Waals surface area (Å²) < 4.78 is 0. The highest BCUT2D eigenvalue weighted by atomic mass is 15.1. The summed E-state index contributed by atoms with van der Waals surface area (Å²) in [7, 11) is 6.12. The van der Waals surface area contributed by atoms with Gasteiger partial charge in [0.25, 0.3) is 0 Å². The molecule has 0 aliphatic rings. The number of anilines is 2. The van der Waals surface area contributed by atoms with Gasteiger partial charge in [-0.1, -0.05) is 20.8 Å². The van der Waals surface area contributed by atoms with Crippen molar-refractivity contribution in [2.75, 3.05) is 44.9 Å². The Hall–Kier alpha value is -1.36. The molecule has 0 aliphatic heterocycles. The molecule has 0 aliphatic carbocycles. The number of aromatic nitrogens is 2. The Balaban J connectivity index is 2.76. The molecule has 5 nitrogen and oxygen atoms in total. The molecule has 1 heterocycles. The number of hydrogen-bond acceptors (Lipinski definition) is 5. The van der Waals surface area contributed by atoms with E-state index in [0.717, 1.165) is 42.5 Å². The Bertz CT molecular complexity index is 449. The smallest absolute Gasteiger partial charge is 0.138 e. The summed E-state index contributed by atoms with van der Waals surface area (Å²) in [4.78, 5) is 11.5. The van der Waals surface area contributed by atoms with Gasteiger partial charge in [-0.2, -0.15) is 0 Å². The number of unbranched alkanes of at least 4 members (excludes halogenated alkanes) is 1. The van der Waals surface area contributed by atoms with Crippen molar-refractivity contribution >= 4 is 11.6 Å². The molecule has 21 heavy (non-hydrogen) atoms. The van der Waals surface area contributed by atoms with Crippen LogP contribution in [0.3, 0.4) is 0 Å². The zero-order valence-electron chi connectivity index (χ0n) is 14.7. The Morgan fingerprint density at radius 3 is 2.19 bits per heavy atom. The lowest BCUT2D eigenvalue weighted by Gasteiger charge is -2.21. The van der Waals surface area contributed by atoms with Gasteiger partial charge >= 0.3 is 0 Å². The van der Waals surface area contributed by atoms with Crippen molar-refractivity contribution < 1.29 is 0 Å². The van der Waals surface area contributed by atoms with Gasteiger partial charge in [0.15, 0.2) is 0 Å². The van der Waals surface area contributed by atoms with Gasteiger partial charge in [-0.05, 0) is 40.4 Å². The van der Waals surface area contributed by atoms with Gasteiger partial charge in [0.2, 0.25) is 0 Å². The molecule has 0 fully saturated rings. The first-order valence-electron chi connectivity index (χ1n) is 7.71. The molecule has 1 aromatic heterocycles. The van der Waals surface area contributed by atoms with Crippen LogP contribution in [0.2, 0.25) is 0 Å². The van der Waals surface area contributed by atoms with E-state index in [9.17, 15) is 0 Å². The largest absolute Gasteiger partial charge is 0.373 e. The predicted molar refractivity (Wildman–Crippen MR) is 91.3 cm³/mol. The van der Waals surface area contributed by atoms with Crippen LogP contribution in [0.4, 0.5) is 11.6 Å². The normalized spacial score (nSPS) is 11.8. The van der Waals surface area contributed by atoms with E-state index in [1.807, 2.05) is 7.05 Å². The molecule has 0 amide bonds. The van der Waals surface area contributed by atoms with Crippen LogP contribution in [0, 0.1) is 6.92 Å². The molecule has 0 spiro atoms. The molecule has 1 rings (SSSR count). The lowest BCUT2D eigenvalue weighted by Crippen LogP contribution is -2.20. The number of hydrogen-bond donors (Lipinski definition) is 2. The fourth-order valence-electron chi connectivity index (χ4n) is 2.03. The van der Waals surface area contributed by atoms with E-state index < -0.39 is 0 Å². The van der Waals surface area contributed by atoms with Crippen LogP contribution in [-0.2, 0) is 5.41 Å². The molecule has 0 bridgehead atoms. The molecule has 0 aromatic carbocycles. The van der Waals surface area contributed by atoms with Gasteiger partial charge in [0.1, 0.15) is 17.5 Å². The molecule has 2 N–H and O–H groups in total. The molecular formula is C16H31N5. The van der Waals surface area contributed by atoms with Crippen LogP contribution in [0.5, 0.6) is 0 Å². The maximum absolute atomic E-state index is 4.71. The van der Waals surface area contributed by atoms with Crippen molar-refractivity contribution in [3.05, 3.63) is 11.4 Å². The van der Waals surface area contributed by atoms with Crippen LogP contribution in [0.15, 0.2) is 0 Å². The molecule has 5 heteroatoms. The van der Waals surface area contributed by atoms with Crippen LogP contribution in [-0.4, -0.2) is 49.1 Å². The molecule has 0 saturated heterocycles. The minimum absolute atomic E-state index is 0.0549. The van der Waals surface area contributed by atoms with Crippen LogP contribution < -0.4 is 10.6 Å². The van der Waals surface area contributed by atoms with Crippen LogP contribution in [0.1, 0.15) is 45.0 Å². The summed E-state index contributed by atoms with van der Waals surface area (Å²) in [5.74, 6) is 2.73. The number of nitrogens with one attached hydrogen (secondary N) is 2. The lowest BCUT2D eigenvalue weighted by molar-refractivity contribution is 0.396. The van der Waals surface area contributed by atoms with Gasteiger partial charge in [-0.3, -0.25) is 0 Å². The fraction of sp³-hybridized carbons (Fsp3) is 0.750. The minimum Gasteiger partial charge on any atom is -0.373 e. The van der Waals surface area contributed by atoms with Crippen LogP contribution in [0.25, 0.3) is 0 Å². The zero-order valence-corrected chi connectivity index (χ0v) is 14.7. The lowest BCUT2D eigenvalue weighted by atomic mass is 9.95. The second-order valence-corrected chi connectivity index (χ2v) is 6.81. The van der Waals surface area contributed by atoms with Crippen molar-refractivity contribution in [2.24, 2.45) is 0 Å². The van der Waals surface area contributed by atoms with E-state index in [0.29, 0.717) is 0 Å². The summed E-state index contributed by atoms with van der Waals surface area (Å²) in [6, 6.07) is 0. The summed E-state index contributed by atoms with van der Waals surface area (Å²) in [5, 5.41) is 6.63. The van der Waals surface area contributed by atoms with Crippen LogP contribution >= 0.6 is 0 Å². The number of nitrogens with zero attached hydrogens (tertiary/aromatic N) is 3. The maximum Gasteiger partial charge on any atom is 0.138 e. The quantitative estimate of drug-likeness (QED) is 0.757. The van der Waals surface area contributed by atoms with E-state index in [1.54, 1.807) is 0 Å². The maximum atomic E-state index is 4.71. The van der Waals surface area contributed by atoms with Crippen molar-refractivity contribution in [1.82, 2.24) is 14.9 Å². The van der Waals surface area contributed by atoms with Gasteiger partial charge in [0, 0.05) is 24.6 Å². The van der Waals surface area contributed by atoms with E-state index >= 15 is 0 Å². The fourth-order valence-corrected chi connectivity index (χ4v) is 2.03. The third-order valence-electron chi connectivity index (χ3n) is 3.38. The highest BCUT2D eigenvalue weighted by Crippen LogP contribution is 2.25. The molecule has 1 aromatic rings. The second-order valence-electron chi connectivity index (χ2n) is 6.81. The molecular weight excluding hydrogens is 262 g/mol. The number of rotatable bonds is 7. The van der Waals surface area contributed by atoms with Gasteiger partial charge < -0.3 is 15.5 Å².